The molecule has 1 aromatic rings. The second kappa shape index (κ2) is 6.32. The van der Waals surface area contributed by atoms with Crippen molar-refractivity contribution in [2.45, 2.75) is 13.0 Å². The van der Waals surface area contributed by atoms with Crippen molar-refractivity contribution in [2.24, 2.45) is 0 Å². The molecule has 1 atom stereocenters. The molecule has 5 heteroatoms. The zero-order valence-electron chi connectivity index (χ0n) is 11.0. The number of piperazine rings is 1. The molecule has 1 heterocycles. The summed E-state index contributed by atoms with van der Waals surface area (Å²) in [5, 5.41) is 14.9. The molecule has 2 rings (SSSR count). The second-order valence-corrected chi connectivity index (χ2v) is 4.76. The van der Waals surface area contributed by atoms with Gasteiger partial charge in [0.05, 0.1) is 18.2 Å². The monoisotopic (exact) mass is 258 g/mol. The van der Waals surface area contributed by atoms with Crippen LogP contribution in [-0.4, -0.2) is 43.0 Å². The number of benzene rings is 1. The Labute approximate surface area is 113 Å². The summed E-state index contributed by atoms with van der Waals surface area (Å²) in [7, 11) is 0. The molecule has 0 bridgehead atoms. The average molecular weight is 258 g/mol. The lowest BCUT2D eigenvalue weighted by Gasteiger charge is -2.33. The molecule has 19 heavy (non-hydrogen) atoms. The van der Waals surface area contributed by atoms with Gasteiger partial charge in [-0.2, -0.15) is 5.26 Å². The highest BCUT2D eigenvalue weighted by Crippen LogP contribution is 2.10. The highest BCUT2D eigenvalue weighted by molar-refractivity contribution is 5.92. The highest BCUT2D eigenvalue weighted by Gasteiger charge is 2.20. The van der Waals surface area contributed by atoms with E-state index in [1.54, 1.807) is 24.3 Å². The number of nitriles is 1. The number of carbonyl (C=O) groups excluding carboxylic acids is 1. The van der Waals surface area contributed by atoms with Gasteiger partial charge in [-0.1, -0.05) is 6.07 Å². The van der Waals surface area contributed by atoms with E-state index < -0.39 is 0 Å². The van der Waals surface area contributed by atoms with Gasteiger partial charge in [-0.25, -0.2) is 0 Å². The molecule has 0 aliphatic carbocycles. The Hall–Kier alpha value is -1.90. The summed E-state index contributed by atoms with van der Waals surface area (Å²) in [5.41, 5.74) is 1.22. The molecule has 1 aliphatic rings. The molecule has 0 aromatic heterocycles. The van der Waals surface area contributed by atoms with Crippen LogP contribution in [0.25, 0.3) is 0 Å². The van der Waals surface area contributed by atoms with Crippen LogP contribution < -0.4 is 10.6 Å². The van der Waals surface area contributed by atoms with E-state index in [1.165, 1.54) is 0 Å². The van der Waals surface area contributed by atoms with Crippen LogP contribution in [-0.2, 0) is 4.79 Å². The number of hydrogen-bond acceptors (Lipinski definition) is 4. The Bertz CT molecular complexity index is 494. The maximum absolute atomic E-state index is 12.0. The van der Waals surface area contributed by atoms with E-state index in [0.717, 1.165) is 19.6 Å². The van der Waals surface area contributed by atoms with Crippen LogP contribution in [0.5, 0.6) is 0 Å². The molecular weight excluding hydrogens is 240 g/mol. The lowest BCUT2D eigenvalue weighted by Crippen LogP contribution is -2.51. The van der Waals surface area contributed by atoms with Crippen molar-refractivity contribution in [2.75, 3.05) is 31.5 Å². The average Bonchev–Trinajstić information content (AvgIpc) is 2.41. The summed E-state index contributed by atoms with van der Waals surface area (Å²) in [6, 6.07) is 9.38. The van der Waals surface area contributed by atoms with Crippen LogP contribution >= 0.6 is 0 Å². The number of amides is 1. The Morgan fingerprint density at radius 2 is 2.47 bits per heavy atom. The number of nitrogens with zero attached hydrogens (tertiary/aromatic N) is 2. The van der Waals surface area contributed by atoms with E-state index in [2.05, 4.69) is 28.5 Å². The van der Waals surface area contributed by atoms with Crippen molar-refractivity contribution >= 4 is 11.6 Å². The number of hydrogen-bond donors (Lipinski definition) is 2. The van der Waals surface area contributed by atoms with Gasteiger partial charge < -0.3 is 10.6 Å². The molecule has 5 nitrogen and oxygen atoms in total. The Morgan fingerprint density at radius 1 is 1.63 bits per heavy atom. The molecule has 100 valence electrons. The predicted molar refractivity (Wildman–Crippen MR) is 73.7 cm³/mol. The molecule has 1 aromatic carbocycles. The maximum Gasteiger partial charge on any atom is 0.238 e. The summed E-state index contributed by atoms with van der Waals surface area (Å²) in [6.45, 7) is 5.21. The van der Waals surface area contributed by atoms with Crippen molar-refractivity contribution in [3.63, 3.8) is 0 Å². The van der Waals surface area contributed by atoms with Gasteiger partial charge in [0, 0.05) is 31.4 Å². The standard InChI is InChI=1S/C14H18N4O/c1-11-9-16-5-6-18(11)10-14(19)17-13-4-2-3-12(7-13)8-15/h2-4,7,11,16H,5-6,9-10H2,1H3,(H,17,19)/t11-/m1/s1. The van der Waals surface area contributed by atoms with Crippen LogP contribution in [0.15, 0.2) is 24.3 Å². The van der Waals surface area contributed by atoms with Gasteiger partial charge in [-0.3, -0.25) is 9.69 Å². The molecule has 0 unspecified atom stereocenters. The third kappa shape index (κ3) is 3.78. The molecule has 2 N–H and O–H groups in total. The summed E-state index contributed by atoms with van der Waals surface area (Å²) in [4.78, 5) is 14.1. The predicted octanol–water partition coefficient (Wildman–Crippen LogP) is 0.790. The molecule has 1 amide bonds. The summed E-state index contributed by atoms with van der Waals surface area (Å²) < 4.78 is 0. The van der Waals surface area contributed by atoms with Crippen LogP contribution in [0.1, 0.15) is 12.5 Å². The minimum atomic E-state index is -0.0381. The third-order valence-corrected chi connectivity index (χ3v) is 3.26. The zero-order valence-corrected chi connectivity index (χ0v) is 11.0. The number of nitrogens with one attached hydrogen (secondary N) is 2. The zero-order chi connectivity index (χ0) is 13.7. The van der Waals surface area contributed by atoms with Gasteiger partial charge in [0.2, 0.25) is 5.91 Å². The van der Waals surface area contributed by atoms with E-state index in [4.69, 9.17) is 5.26 Å². The van der Waals surface area contributed by atoms with Gasteiger partial charge in [0.1, 0.15) is 0 Å². The minimum absolute atomic E-state index is 0.0381. The smallest absolute Gasteiger partial charge is 0.238 e. The summed E-state index contributed by atoms with van der Waals surface area (Å²) >= 11 is 0. The molecule has 1 fully saturated rings. The van der Waals surface area contributed by atoms with Crippen LogP contribution in [0.4, 0.5) is 5.69 Å². The Balaban J connectivity index is 1.91. The molecule has 1 aliphatic heterocycles. The summed E-state index contributed by atoms with van der Waals surface area (Å²) in [5.74, 6) is -0.0381. The van der Waals surface area contributed by atoms with E-state index in [0.29, 0.717) is 23.8 Å². The van der Waals surface area contributed by atoms with Crippen molar-refractivity contribution in [3.8, 4) is 6.07 Å². The van der Waals surface area contributed by atoms with E-state index in [1.807, 2.05) is 0 Å². The van der Waals surface area contributed by atoms with Crippen LogP contribution in [0.3, 0.4) is 0 Å². The first-order valence-electron chi connectivity index (χ1n) is 6.44. The van der Waals surface area contributed by atoms with Gasteiger partial charge in [-0.05, 0) is 25.1 Å². The van der Waals surface area contributed by atoms with E-state index >= 15 is 0 Å². The normalized spacial score (nSPS) is 19.7. The van der Waals surface area contributed by atoms with E-state index in [-0.39, 0.29) is 5.91 Å². The minimum Gasteiger partial charge on any atom is -0.325 e. The number of carbonyl (C=O) groups is 1. The molecule has 1 saturated heterocycles. The molecule has 0 radical (unpaired) electrons. The van der Waals surface area contributed by atoms with Crippen LogP contribution in [0.2, 0.25) is 0 Å². The maximum atomic E-state index is 12.0. The fourth-order valence-corrected chi connectivity index (χ4v) is 2.17. The third-order valence-electron chi connectivity index (χ3n) is 3.26. The van der Waals surface area contributed by atoms with Gasteiger partial charge in [0.15, 0.2) is 0 Å². The first-order chi connectivity index (χ1) is 9.19. The molecular formula is C14H18N4O. The molecule has 0 spiro atoms. The van der Waals surface area contributed by atoms with Gasteiger partial charge >= 0.3 is 0 Å². The Kier molecular flexibility index (Phi) is 4.50. The van der Waals surface area contributed by atoms with Crippen molar-refractivity contribution in [1.82, 2.24) is 10.2 Å². The highest BCUT2D eigenvalue weighted by atomic mass is 16.2. The number of rotatable bonds is 3. The first-order valence-corrected chi connectivity index (χ1v) is 6.44. The van der Waals surface area contributed by atoms with Gasteiger partial charge in [0.25, 0.3) is 0 Å². The lowest BCUT2D eigenvalue weighted by molar-refractivity contribution is -0.118. The SMILES string of the molecule is C[C@@H]1CNCCN1CC(=O)Nc1cccc(C#N)c1. The molecule has 0 saturated carbocycles. The van der Waals surface area contributed by atoms with Crippen LogP contribution in [0, 0.1) is 11.3 Å². The largest absolute Gasteiger partial charge is 0.325 e. The lowest BCUT2D eigenvalue weighted by atomic mass is 10.2. The second-order valence-electron chi connectivity index (χ2n) is 4.76. The van der Waals surface area contributed by atoms with Crippen molar-refractivity contribution in [3.05, 3.63) is 29.8 Å². The number of anilines is 1. The first kappa shape index (κ1) is 13.5. The van der Waals surface area contributed by atoms with Crippen molar-refractivity contribution < 1.29 is 4.79 Å². The topological polar surface area (TPSA) is 68.2 Å². The fourth-order valence-electron chi connectivity index (χ4n) is 2.17. The van der Waals surface area contributed by atoms with Crippen molar-refractivity contribution in [1.29, 1.82) is 5.26 Å². The fraction of sp³-hybridized carbons (Fsp3) is 0.429. The Morgan fingerprint density at radius 3 is 3.21 bits per heavy atom. The quantitative estimate of drug-likeness (QED) is 0.841. The summed E-state index contributed by atoms with van der Waals surface area (Å²) in [6.07, 6.45) is 0. The van der Waals surface area contributed by atoms with E-state index in [9.17, 15) is 4.79 Å². The van der Waals surface area contributed by atoms with Gasteiger partial charge in [-0.15, -0.1) is 0 Å².